The Labute approximate surface area is 93.1 Å². The number of unbranched alkanes of at least 4 members (excludes halogenated alkanes) is 1. The summed E-state index contributed by atoms with van der Waals surface area (Å²) in [6.45, 7) is 9.47. The molecule has 1 rings (SSSR count). The van der Waals surface area contributed by atoms with Gasteiger partial charge in [0, 0.05) is 11.6 Å². The number of aryl methyl sites for hydroxylation is 2. The lowest BCUT2D eigenvalue weighted by atomic mass is 10.0. The van der Waals surface area contributed by atoms with Gasteiger partial charge in [-0.1, -0.05) is 26.7 Å². The van der Waals surface area contributed by atoms with Crippen molar-refractivity contribution < 1.29 is 4.42 Å². The minimum Gasteiger partial charge on any atom is -0.466 e. The molecule has 1 heterocycles. The maximum absolute atomic E-state index is 5.58. The van der Waals surface area contributed by atoms with E-state index in [1.54, 1.807) is 0 Å². The van der Waals surface area contributed by atoms with Crippen molar-refractivity contribution in [3.63, 3.8) is 0 Å². The molecule has 0 radical (unpaired) electrons. The van der Waals surface area contributed by atoms with E-state index in [1.165, 1.54) is 24.8 Å². The summed E-state index contributed by atoms with van der Waals surface area (Å²) < 4.78 is 5.58. The van der Waals surface area contributed by atoms with E-state index < -0.39 is 0 Å². The Morgan fingerprint density at radius 3 is 2.53 bits per heavy atom. The van der Waals surface area contributed by atoms with Crippen LogP contribution in [0.4, 0.5) is 0 Å². The summed E-state index contributed by atoms with van der Waals surface area (Å²) in [5, 5.41) is 3.53. The van der Waals surface area contributed by atoms with Crippen molar-refractivity contribution in [3.8, 4) is 0 Å². The summed E-state index contributed by atoms with van der Waals surface area (Å²) in [5.74, 6) is 2.08. The smallest absolute Gasteiger partial charge is 0.105 e. The van der Waals surface area contributed by atoms with Gasteiger partial charge in [0.25, 0.3) is 0 Å². The zero-order chi connectivity index (χ0) is 11.3. The molecule has 86 valence electrons. The summed E-state index contributed by atoms with van der Waals surface area (Å²) in [6.07, 6.45) is 3.71. The van der Waals surface area contributed by atoms with E-state index in [0.29, 0.717) is 6.04 Å². The molecular weight excluding hydrogens is 186 g/mol. The van der Waals surface area contributed by atoms with Crippen molar-refractivity contribution in [2.75, 3.05) is 6.54 Å². The maximum atomic E-state index is 5.58. The molecule has 2 nitrogen and oxygen atoms in total. The molecule has 0 aromatic carbocycles. The highest BCUT2D eigenvalue weighted by atomic mass is 16.3. The number of hydrogen-bond acceptors (Lipinski definition) is 2. The van der Waals surface area contributed by atoms with Crippen LogP contribution in [0.15, 0.2) is 10.5 Å². The van der Waals surface area contributed by atoms with Gasteiger partial charge >= 0.3 is 0 Å². The van der Waals surface area contributed by atoms with Crippen LogP contribution in [-0.4, -0.2) is 6.54 Å². The molecule has 0 spiro atoms. The fourth-order valence-electron chi connectivity index (χ4n) is 2.02. The van der Waals surface area contributed by atoms with Crippen molar-refractivity contribution >= 4 is 0 Å². The van der Waals surface area contributed by atoms with E-state index in [2.05, 4.69) is 32.2 Å². The molecule has 15 heavy (non-hydrogen) atoms. The average Bonchev–Trinajstić information content (AvgIpc) is 2.52. The van der Waals surface area contributed by atoms with Crippen molar-refractivity contribution in [1.82, 2.24) is 5.32 Å². The molecule has 1 aromatic heterocycles. The van der Waals surface area contributed by atoms with Gasteiger partial charge in [0.15, 0.2) is 0 Å². The number of rotatable bonds is 6. The average molecular weight is 209 g/mol. The van der Waals surface area contributed by atoms with Gasteiger partial charge in [-0.2, -0.15) is 0 Å². The molecule has 1 N–H and O–H groups in total. The lowest BCUT2D eigenvalue weighted by molar-refractivity contribution is 0.466. The second kappa shape index (κ2) is 5.96. The monoisotopic (exact) mass is 209 g/mol. The summed E-state index contributed by atoms with van der Waals surface area (Å²) in [6, 6.07) is 2.63. The second-order valence-corrected chi connectivity index (χ2v) is 4.12. The van der Waals surface area contributed by atoms with Crippen molar-refractivity contribution in [2.24, 2.45) is 0 Å². The molecule has 0 saturated heterocycles. The minimum absolute atomic E-state index is 0.465. The highest BCUT2D eigenvalue weighted by Crippen LogP contribution is 2.25. The molecule has 1 aromatic rings. The zero-order valence-electron chi connectivity index (χ0n) is 10.4. The third kappa shape index (κ3) is 3.38. The van der Waals surface area contributed by atoms with Crippen molar-refractivity contribution in [1.29, 1.82) is 0 Å². The van der Waals surface area contributed by atoms with Crippen LogP contribution in [0.5, 0.6) is 0 Å². The van der Waals surface area contributed by atoms with Crippen LogP contribution >= 0.6 is 0 Å². The van der Waals surface area contributed by atoms with Gasteiger partial charge in [0.2, 0.25) is 0 Å². The third-order valence-electron chi connectivity index (χ3n) is 2.75. The van der Waals surface area contributed by atoms with Crippen molar-refractivity contribution in [2.45, 2.75) is 53.0 Å². The summed E-state index contributed by atoms with van der Waals surface area (Å²) in [7, 11) is 0. The van der Waals surface area contributed by atoms with E-state index >= 15 is 0 Å². The van der Waals surface area contributed by atoms with Gasteiger partial charge in [0.1, 0.15) is 11.5 Å². The van der Waals surface area contributed by atoms with Crippen LogP contribution in [0.3, 0.4) is 0 Å². The first-order chi connectivity index (χ1) is 7.19. The first-order valence-electron chi connectivity index (χ1n) is 5.99. The Kier molecular flexibility index (Phi) is 4.89. The Morgan fingerprint density at radius 2 is 2.07 bits per heavy atom. The lowest BCUT2D eigenvalue weighted by Crippen LogP contribution is -2.21. The Balaban J connectivity index is 2.73. The quantitative estimate of drug-likeness (QED) is 0.772. The fourth-order valence-corrected chi connectivity index (χ4v) is 2.02. The largest absolute Gasteiger partial charge is 0.466 e. The van der Waals surface area contributed by atoms with E-state index in [0.717, 1.165) is 18.1 Å². The van der Waals surface area contributed by atoms with Gasteiger partial charge in [-0.25, -0.2) is 0 Å². The van der Waals surface area contributed by atoms with Gasteiger partial charge in [-0.05, 0) is 32.9 Å². The van der Waals surface area contributed by atoms with E-state index in [4.69, 9.17) is 4.42 Å². The predicted molar refractivity (Wildman–Crippen MR) is 64.1 cm³/mol. The standard InChI is InChI=1S/C13H23NO/c1-5-7-8-13(14-6-2)12-9-10(3)15-11(12)4/h9,13-14H,5-8H2,1-4H3. The first kappa shape index (κ1) is 12.3. The van der Waals surface area contributed by atoms with Gasteiger partial charge in [-0.15, -0.1) is 0 Å². The molecule has 0 aliphatic rings. The molecule has 1 unspecified atom stereocenters. The number of hydrogen-bond donors (Lipinski definition) is 1. The molecular formula is C13H23NO. The second-order valence-electron chi connectivity index (χ2n) is 4.12. The number of nitrogens with one attached hydrogen (secondary N) is 1. The molecule has 2 heteroatoms. The summed E-state index contributed by atoms with van der Waals surface area (Å²) >= 11 is 0. The molecule has 0 aliphatic carbocycles. The summed E-state index contributed by atoms with van der Waals surface area (Å²) in [4.78, 5) is 0. The van der Waals surface area contributed by atoms with Crippen LogP contribution in [0.2, 0.25) is 0 Å². The Hall–Kier alpha value is -0.760. The number of furan rings is 1. The maximum Gasteiger partial charge on any atom is 0.105 e. The van der Waals surface area contributed by atoms with Crippen LogP contribution < -0.4 is 5.32 Å². The highest BCUT2D eigenvalue weighted by Gasteiger charge is 2.15. The molecule has 0 saturated carbocycles. The third-order valence-corrected chi connectivity index (χ3v) is 2.75. The molecule has 0 amide bonds. The van der Waals surface area contributed by atoms with Crippen LogP contribution in [0, 0.1) is 13.8 Å². The highest BCUT2D eigenvalue weighted by molar-refractivity contribution is 5.24. The lowest BCUT2D eigenvalue weighted by Gasteiger charge is -2.16. The van der Waals surface area contributed by atoms with Gasteiger partial charge < -0.3 is 9.73 Å². The molecule has 0 aliphatic heterocycles. The topological polar surface area (TPSA) is 25.2 Å². The zero-order valence-corrected chi connectivity index (χ0v) is 10.4. The Bertz CT molecular complexity index is 291. The molecule has 0 fully saturated rings. The first-order valence-corrected chi connectivity index (χ1v) is 5.99. The minimum atomic E-state index is 0.465. The fraction of sp³-hybridized carbons (Fsp3) is 0.692. The van der Waals surface area contributed by atoms with Gasteiger partial charge in [0.05, 0.1) is 0 Å². The van der Waals surface area contributed by atoms with E-state index in [9.17, 15) is 0 Å². The summed E-state index contributed by atoms with van der Waals surface area (Å²) in [5.41, 5.74) is 1.34. The van der Waals surface area contributed by atoms with Crippen LogP contribution in [0.25, 0.3) is 0 Å². The van der Waals surface area contributed by atoms with Crippen LogP contribution in [0.1, 0.15) is 56.2 Å². The van der Waals surface area contributed by atoms with E-state index in [1.807, 2.05) is 6.92 Å². The normalized spacial score (nSPS) is 13.1. The van der Waals surface area contributed by atoms with E-state index in [-0.39, 0.29) is 0 Å². The molecule has 0 bridgehead atoms. The predicted octanol–water partition coefficient (Wildman–Crippen LogP) is 3.74. The molecule has 1 atom stereocenters. The SMILES string of the molecule is CCCCC(NCC)c1cc(C)oc1C. The van der Waals surface area contributed by atoms with Crippen LogP contribution in [-0.2, 0) is 0 Å². The van der Waals surface area contributed by atoms with Crippen molar-refractivity contribution in [3.05, 3.63) is 23.2 Å². The van der Waals surface area contributed by atoms with Gasteiger partial charge in [-0.3, -0.25) is 0 Å². The Morgan fingerprint density at radius 1 is 1.33 bits per heavy atom.